The summed E-state index contributed by atoms with van der Waals surface area (Å²) < 4.78 is 0. The van der Waals surface area contributed by atoms with E-state index in [2.05, 4.69) is 66.7 Å². The summed E-state index contributed by atoms with van der Waals surface area (Å²) in [5, 5.41) is 7.29. The number of rotatable bonds is 5. The summed E-state index contributed by atoms with van der Waals surface area (Å²) in [5.41, 5.74) is 4.08. The summed E-state index contributed by atoms with van der Waals surface area (Å²) in [6, 6.07) is 10.4. The summed E-state index contributed by atoms with van der Waals surface area (Å²) in [7, 11) is 4.05. The lowest BCUT2D eigenvalue weighted by molar-refractivity contribution is 0.313. The number of aromatic nitrogens is 3. The van der Waals surface area contributed by atoms with E-state index in [4.69, 9.17) is 0 Å². The number of nitrogens with zero attached hydrogens (tertiary/aromatic N) is 5. The number of likely N-dealkylation sites (N-methyl/N-ethyl adjacent to an activating group) is 1. The average molecular weight is 396 g/mol. The molecule has 1 fully saturated rings. The van der Waals surface area contributed by atoms with Gasteiger partial charge in [0.05, 0.1) is 16.3 Å². The van der Waals surface area contributed by atoms with Gasteiger partial charge in [0, 0.05) is 50.8 Å². The van der Waals surface area contributed by atoms with Crippen LogP contribution in [-0.2, 0) is 0 Å². The minimum Gasteiger partial charge on any atom is -0.369 e. The van der Waals surface area contributed by atoms with E-state index in [-0.39, 0.29) is 0 Å². The van der Waals surface area contributed by atoms with Gasteiger partial charge in [-0.1, -0.05) is 11.3 Å². The van der Waals surface area contributed by atoms with Crippen LogP contribution in [0.2, 0.25) is 0 Å². The van der Waals surface area contributed by atoms with E-state index < -0.39 is 0 Å². The highest BCUT2D eigenvalue weighted by Gasteiger charge is 2.14. The minimum atomic E-state index is 0.587. The number of nitrogens with one attached hydrogen (secondary N) is 2. The smallest absolute Gasteiger partial charge is 0.227 e. The van der Waals surface area contributed by atoms with Gasteiger partial charge in [-0.25, -0.2) is 15.0 Å². The van der Waals surface area contributed by atoms with Gasteiger partial charge >= 0.3 is 0 Å². The molecule has 0 spiro atoms. The second-order valence-corrected chi connectivity index (χ2v) is 7.91. The standard InChI is InChI=1S/C20H25N7S/c1-14-18(28-20(21-2)23-14)17-8-9-22-19(25-17)24-15-4-6-16(7-5-15)27-12-10-26(3)11-13-27/h4-9H,10-13H2,1-3H3,(H,21,23)(H,22,24,25). The number of piperazine rings is 1. The Morgan fingerprint density at radius 3 is 2.43 bits per heavy atom. The van der Waals surface area contributed by atoms with Gasteiger partial charge in [-0.3, -0.25) is 0 Å². The molecule has 3 aromatic rings. The maximum Gasteiger partial charge on any atom is 0.227 e. The number of thiazole rings is 1. The zero-order chi connectivity index (χ0) is 19.5. The molecule has 146 valence electrons. The third-order valence-electron chi connectivity index (χ3n) is 4.89. The molecule has 8 heteroatoms. The van der Waals surface area contributed by atoms with Crippen LogP contribution in [0.3, 0.4) is 0 Å². The molecule has 0 atom stereocenters. The van der Waals surface area contributed by atoms with Crippen molar-refractivity contribution in [1.29, 1.82) is 0 Å². The highest BCUT2D eigenvalue weighted by Crippen LogP contribution is 2.31. The van der Waals surface area contributed by atoms with Crippen LogP contribution in [0.25, 0.3) is 10.6 Å². The first kappa shape index (κ1) is 18.6. The molecule has 7 nitrogen and oxygen atoms in total. The SMILES string of the molecule is CNc1nc(C)c(-c2ccnc(Nc3ccc(N4CCN(C)CC4)cc3)n2)s1. The van der Waals surface area contributed by atoms with Crippen LogP contribution in [0.5, 0.6) is 0 Å². The van der Waals surface area contributed by atoms with Crippen molar-refractivity contribution in [3.63, 3.8) is 0 Å². The summed E-state index contributed by atoms with van der Waals surface area (Å²) in [4.78, 5) is 19.4. The van der Waals surface area contributed by atoms with Crippen molar-refractivity contribution in [3.05, 3.63) is 42.2 Å². The Hall–Kier alpha value is -2.71. The van der Waals surface area contributed by atoms with Crippen LogP contribution in [-0.4, -0.2) is 60.1 Å². The van der Waals surface area contributed by atoms with Crippen LogP contribution >= 0.6 is 11.3 Å². The molecular formula is C20H25N7S. The van der Waals surface area contributed by atoms with Gasteiger partial charge in [0.15, 0.2) is 5.13 Å². The van der Waals surface area contributed by atoms with Crippen LogP contribution in [0.4, 0.5) is 22.5 Å². The zero-order valence-corrected chi connectivity index (χ0v) is 17.3. The van der Waals surface area contributed by atoms with Crippen molar-refractivity contribution in [2.45, 2.75) is 6.92 Å². The maximum atomic E-state index is 4.67. The molecule has 1 aromatic carbocycles. The van der Waals surface area contributed by atoms with Crippen molar-refractivity contribution in [3.8, 4) is 10.6 Å². The number of benzene rings is 1. The Morgan fingerprint density at radius 1 is 1.00 bits per heavy atom. The first-order valence-electron chi connectivity index (χ1n) is 9.41. The first-order valence-corrected chi connectivity index (χ1v) is 10.2. The number of hydrogen-bond acceptors (Lipinski definition) is 8. The Bertz CT molecular complexity index is 930. The van der Waals surface area contributed by atoms with Gasteiger partial charge in [-0.2, -0.15) is 0 Å². The largest absolute Gasteiger partial charge is 0.369 e. The molecule has 0 radical (unpaired) electrons. The fourth-order valence-corrected chi connectivity index (χ4v) is 4.13. The highest BCUT2D eigenvalue weighted by atomic mass is 32.1. The molecule has 1 saturated heterocycles. The Morgan fingerprint density at radius 2 is 1.75 bits per heavy atom. The lowest BCUT2D eigenvalue weighted by atomic mass is 10.2. The fourth-order valence-electron chi connectivity index (χ4n) is 3.24. The molecule has 4 rings (SSSR count). The summed E-state index contributed by atoms with van der Waals surface area (Å²) in [6.07, 6.45) is 1.78. The van der Waals surface area contributed by atoms with Crippen LogP contribution < -0.4 is 15.5 Å². The third kappa shape index (κ3) is 4.07. The van der Waals surface area contributed by atoms with E-state index in [9.17, 15) is 0 Å². The Kier molecular flexibility index (Phi) is 5.40. The normalized spacial score (nSPS) is 14.9. The molecule has 0 bridgehead atoms. The maximum absolute atomic E-state index is 4.67. The third-order valence-corrected chi connectivity index (χ3v) is 6.09. The molecule has 1 aliphatic heterocycles. The zero-order valence-electron chi connectivity index (χ0n) is 16.4. The van der Waals surface area contributed by atoms with Crippen molar-refractivity contribution >= 4 is 33.8 Å². The Labute approximate surface area is 169 Å². The van der Waals surface area contributed by atoms with Gasteiger partial charge in [0.25, 0.3) is 0 Å². The van der Waals surface area contributed by atoms with E-state index in [1.807, 2.05) is 20.0 Å². The van der Waals surface area contributed by atoms with Crippen LogP contribution in [0.15, 0.2) is 36.5 Å². The summed E-state index contributed by atoms with van der Waals surface area (Å²) >= 11 is 1.60. The lowest BCUT2D eigenvalue weighted by Gasteiger charge is -2.34. The van der Waals surface area contributed by atoms with Gasteiger partial charge in [0.1, 0.15) is 0 Å². The van der Waals surface area contributed by atoms with Gasteiger partial charge in [-0.15, -0.1) is 0 Å². The topological polar surface area (TPSA) is 69.2 Å². The Balaban J connectivity index is 1.48. The second kappa shape index (κ2) is 8.12. The molecule has 0 amide bonds. The summed E-state index contributed by atoms with van der Waals surface area (Å²) in [5.74, 6) is 0.587. The lowest BCUT2D eigenvalue weighted by Crippen LogP contribution is -2.44. The number of anilines is 4. The molecule has 1 aliphatic rings. The van der Waals surface area contributed by atoms with Crippen molar-refractivity contribution in [2.24, 2.45) is 0 Å². The van der Waals surface area contributed by atoms with Crippen molar-refractivity contribution in [1.82, 2.24) is 19.9 Å². The van der Waals surface area contributed by atoms with Crippen LogP contribution in [0, 0.1) is 6.92 Å². The van der Waals surface area contributed by atoms with E-state index in [0.717, 1.165) is 53.3 Å². The molecule has 0 saturated carbocycles. The molecule has 2 aromatic heterocycles. The second-order valence-electron chi connectivity index (χ2n) is 6.91. The molecule has 2 N–H and O–H groups in total. The van der Waals surface area contributed by atoms with E-state index in [0.29, 0.717) is 5.95 Å². The molecule has 3 heterocycles. The van der Waals surface area contributed by atoms with Crippen LogP contribution in [0.1, 0.15) is 5.69 Å². The predicted molar refractivity (Wildman–Crippen MR) is 117 cm³/mol. The van der Waals surface area contributed by atoms with Crippen molar-refractivity contribution < 1.29 is 0 Å². The molecular weight excluding hydrogens is 370 g/mol. The average Bonchev–Trinajstić information content (AvgIpc) is 3.10. The van der Waals surface area contributed by atoms with Gasteiger partial charge in [0.2, 0.25) is 5.95 Å². The number of hydrogen-bond donors (Lipinski definition) is 2. The van der Waals surface area contributed by atoms with E-state index in [1.54, 1.807) is 17.5 Å². The van der Waals surface area contributed by atoms with Gasteiger partial charge in [-0.05, 0) is 44.3 Å². The molecule has 0 aliphatic carbocycles. The van der Waals surface area contributed by atoms with Crippen molar-refractivity contribution in [2.75, 3.05) is 55.8 Å². The first-order chi connectivity index (χ1) is 13.6. The molecule has 28 heavy (non-hydrogen) atoms. The highest BCUT2D eigenvalue weighted by molar-refractivity contribution is 7.19. The predicted octanol–water partition coefficient (Wildman–Crippen LogP) is 3.45. The van der Waals surface area contributed by atoms with Gasteiger partial charge < -0.3 is 20.4 Å². The van der Waals surface area contributed by atoms with E-state index >= 15 is 0 Å². The minimum absolute atomic E-state index is 0.587. The fraction of sp³-hybridized carbons (Fsp3) is 0.350. The van der Waals surface area contributed by atoms with E-state index in [1.165, 1.54) is 5.69 Å². The monoisotopic (exact) mass is 395 g/mol. The summed E-state index contributed by atoms with van der Waals surface area (Å²) in [6.45, 7) is 6.34. The quantitative estimate of drug-likeness (QED) is 0.686. The number of aryl methyl sites for hydroxylation is 1. The molecule has 0 unspecified atom stereocenters.